The molecule has 11 nitrogen and oxygen atoms in total. The van der Waals surface area contributed by atoms with Crippen LogP contribution in [0.1, 0.15) is 24.5 Å². The first kappa shape index (κ1) is 27.7. The van der Waals surface area contributed by atoms with E-state index < -0.39 is 26.1 Å². The highest BCUT2D eigenvalue weighted by molar-refractivity contribution is 6.71. The number of rotatable bonds is 7. The lowest BCUT2D eigenvalue weighted by atomic mass is 9.82. The average molecular weight is 582 g/mol. The third-order valence-electron chi connectivity index (χ3n) is 8.80. The van der Waals surface area contributed by atoms with Crippen LogP contribution in [0.3, 0.4) is 0 Å². The van der Waals surface area contributed by atoms with Gasteiger partial charge < -0.3 is 29.0 Å². The van der Waals surface area contributed by atoms with E-state index in [-0.39, 0.29) is 43.2 Å². The number of anilines is 3. The van der Waals surface area contributed by atoms with Gasteiger partial charge in [0.1, 0.15) is 13.2 Å². The summed E-state index contributed by atoms with van der Waals surface area (Å²) < 4.78 is 16.9. The Bertz CT molecular complexity index is 1380. The zero-order valence-corrected chi connectivity index (χ0v) is 24.4. The predicted molar refractivity (Wildman–Crippen MR) is 152 cm³/mol. The molecule has 2 aromatic rings. The molecule has 2 N–H and O–H groups in total. The molecule has 4 aliphatic heterocycles. The van der Waals surface area contributed by atoms with Crippen molar-refractivity contribution in [3.05, 3.63) is 53.6 Å². The molecule has 41 heavy (non-hydrogen) atoms. The molecule has 0 radical (unpaired) electrons. The van der Waals surface area contributed by atoms with Crippen molar-refractivity contribution in [2.45, 2.75) is 50.2 Å². The van der Waals surface area contributed by atoms with Crippen molar-refractivity contribution < 1.29 is 38.5 Å². The van der Waals surface area contributed by atoms with Crippen molar-refractivity contribution in [2.75, 3.05) is 47.6 Å². The second kappa shape index (κ2) is 10.1. The zero-order chi connectivity index (χ0) is 29.1. The second-order valence-corrected chi connectivity index (χ2v) is 15.6. The van der Waals surface area contributed by atoms with Crippen molar-refractivity contribution in [3.63, 3.8) is 0 Å². The number of carbonyl (C=O) groups is 3. The van der Waals surface area contributed by atoms with E-state index in [1.54, 1.807) is 15.9 Å². The standard InChI is InChI=1S/C29H35N3O8Si/c1-18-25(41(2,3)37)24(10-13-33)40-29(18)22-16-21(31-12-15-39-28(31)36)8-9-23(22)32(26(29)34)17-19-4-6-20(7-5-19)30-11-14-38-27(30)35/h4-9,16,18,24-25,33,37H,10-15,17H2,1-3H3/t18-,24+,25-,29+/m0/s1. The molecule has 0 bridgehead atoms. The molecule has 0 aromatic heterocycles. The van der Waals surface area contributed by atoms with Crippen LogP contribution in [0.2, 0.25) is 18.6 Å². The molecular formula is C29H35N3O8Si. The summed E-state index contributed by atoms with van der Waals surface area (Å²) >= 11 is 0. The third-order valence-corrected chi connectivity index (χ3v) is 11.3. The highest BCUT2D eigenvalue weighted by atomic mass is 28.4. The van der Waals surface area contributed by atoms with Gasteiger partial charge >= 0.3 is 12.2 Å². The molecule has 2 aromatic carbocycles. The number of carbonyl (C=O) groups excluding carboxylic acids is 3. The van der Waals surface area contributed by atoms with Gasteiger partial charge in [0.2, 0.25) is 0 Å². The second-order valence-electron chi connectivity index (χ2n) is 11.7. The van der Waals surface area contributed by atoms with Gasteiger partial charge in [0.15, 0.2) is 13.9 Å². The van der Waals surface area contributed by atoms with Crippen molar-refractivity contribution in [2.24, 2.45) is 5.92 Å². The van der Waals surface area contributed by atoms with Gasteiger partial charge in [0.05, 0.1) is 31.4 Å². The average Bonchev–Trinajstić information content (AvgIpc) is 3.68. The topological polar surface area (TPSA) is 129 Å². The monoisotopic (exact) mass is 581 g/mol. The van der Waals surface area contributed by atoms with E-state index in [1.807, 2.05) is 56.4 Å². The highest BCUT2D eigenvalue weighted by Gasteiger charge is 2.66. The minimum atomic E-state index is -2.84. The number of aliphatic hydroxyl groups is 1. The molecule has 0 saturated carbocycles. The van der Waals surface area contributed by atoms with Crippen LogP contribution in [0, 0.1) is 5.92 Å². The van der Waals surface area contributed by atoms with Gasteiger partial charge in [0, 0.05) is 35.0 Å². The number of fused-ring (bicyclic) bond motifs is 2. The number of amides is 3. The molecule has 0 aliphatic carbocycles. The lowest BCUT2D eigenvalue weighted by Crippen LogP contribution is -2.46. The molecule has 218 valence electrons. The zero-order valence-electron chi connectivity index (χ0n) is 23.4. The Hall–Kier alpha value is -3.45. The van der Waals surface area contributed by atoms with Gasteiger partial charge in [-0.15, -0.1) is 0 Å². The summed E-state index contributed by atoms with van der Waals surface area (Å²) in [4.78, 5) is 55.0. The Morgan fingerprint density at radius 2 is 1.56 bits per heavy atom. The number of aliphatic hydroxyl groups excluding tert-OH is 1. The maximum atomic E-state index is 14.5. The van der Waals surface area contributed by atoms with Crippen LogP contribution in [0.25, 0.3) is 0 Å². The molecule has 12 heteroatoms. The molecule has 3 amide bonds. The number of ether oxygens (including phenoxy) is 3. The number of nitrogens with zero attached hydrogens (tertiary/aromatic N) is 3. The van der Waals surface area contributed by atoms with Gasteiger partial charge in [-0.2, -0.15) is 0 Å². The van der Waals surface area contributed by atoms with Crippen LogP contribution >= 0.6 is 0 Å². The fourth-order valence-corrected chi connectivity index (χ4v) is 9.61. The maximum Gasteiger partial charge on any atom is 0.414 e. The number of hydrogen-bond donors (Lipinski definition) is 2. The van der Waals surface area contributed by atoms with Gasteiger partial charge in [0.25, 0.3) is 5.91 Å². The van der Waals surface area contributed by atoms with E-state index in [0.29, 0.717) is 43.1 Å². The van der Waals surface area contributed by atoms with Gasteiger partial charge in [-0.25, -0.2) is 9.59 Å². The van der Waals surface area contributed by atoms with E-state index in [1.165, 1.54) is 4.90 Å². The fourth-order valence-electron chi connectivity index (χ4n) is 7.01. The first-order chi connectivity index (χ1) is 19.6. The smallest absolute Gasteiger partial charge is 0.414 e. The van der Waals surface area contributed by atoms with Crippen molar-refractivity contribution in [1.29, 1.82) is 0 Å². The number of benzene rings is 2. The van der Waals surface area contributed by atoms with E-state index >= 15 is 0 Å². The molecule has 3 fully saturated rings. The Morgan fingerprint density at radius 3 is 2.12 bits per heavy atom. The Labute approximate surface area is 239 Å². The van der Waals surface area contributed by atoms with Crippen LogP contribution in [0.5, 0.6) is 0 Å². The van der Waals surface area contributed by atoms with Crippen LogP contribution < -0.4 is 14.7 Å². The summed E-state index contributed by atoms with van der Waals surface area (Å²) in [5, 5.41) is 9.84. The van der Waals surface area contributed by atoms with Crippen LogP contribution in [-0.2, 0) is 31.2 Å². The van der Waals surface area contributed by atoms with E-state index in [0.717, 1.165) is 11.3 Å². The van der Waals surface area contributed by atoms with Gasteiger partial charge in [-0.05, 0) is 55.4 Å². The Morgan fingerprint density at radius 1 is 0.951 bits per heavy atom. The van der Waals surface area contributed by atoms with Gasteiger partial charge in [-0.3, -0.25) is 14.6 Å². The maximum absolute atomic E-state index is 14.5. The molecule has 1 spiro atoms. The van der Waals surface area contributed by atoms with E-state index in [2.05, 4.69) is 0 Å². The molecule has 0 unspecified atom stereocenters. The summed E-state index contributed by atoms with van der Waals surface area (Å²) in [5.41, 5.74) is 1.83. The summed E-state index contributed by atoms with van der Waals surface area (Å²) in [5.74, 6) is -0.622. The van der Waals surface area contributed by atoms with E-state index in [9.17, 15) is 24.3 Å². The van der Waals surface area contributed by atoms with Crippen molar-refractivity contribution in [3.8, 4) is 0 Å². The van der Waals surface area contributed by atoms with Crippen LogP contribution in [0.4, 0.5) is 26.7 Å². The minimum Gasteiger partial charge on any atom is -0.447 e. The Kier molecular flexibility index (Phi) is 6.84. The highest BCUT2D eigenvalue weighted by Crippen LogP contribution is 2.60. The van der Waals surface area contributed by atoms with Crippen LogP contribution in [-0.4, -0.2) is 75.3 Å². The quantitative estimate of drug-likeness (QED) is 0.477. The molecular weight excluding hydrogens is 546 g/mol. The Balaban J connectivity index is 1.40. The minimum absolute atomic E-state index is 0.129. The summed E-state index contributed by atoms with van der Waals surface area (Å²) in [6, 6.07) is 12.9. The number of cyclic esters (lactones) is 2. The van der Waals surface area contributed by atoms with Crippen LogP contribution in [0.15, 0.2) is 42.5 Å². The lowest BCUT2D eigenvalue weighted by Gasteiger charge is -2.32. The van der Waals surface area contributed by atoms with E-state index in [4.69, 9.17) is 14.2 Å². The molecule has 4 heterocycles. The fraction of sp³-hybridized carbons (Fsp3) is 0.483. The largest absolute Gasteiger partial charge is 0.447 e. The lowest BCUT2D eigenvalue weighted by molar-refractivity contribution is -0.146. The molecule has 4 atom stereocenters. The molecule has 6 rings (SSSR count). The molecule has 4 aliphatic rings. The third kappa shape index (κ3) is 4.40. The molecule has 3 saturated heterocycles. The number of hydrogen-bond acceptors (Lipinski definition) is 8. The first-order valence-electron chi connectivity index (χ1n) is 14.0. The summed E-state index contributed by atoms with van der Waals surface area (Å²) in [6.45, 7) is 7.28. The summed E-state index contributed by atoms with van der Waals surface area (Å²) in [6.07, 6.45) is -1.02. The predicted octanol–water partition coefficient (Wildman–Crippen LogP) is 3.33. The van der Waals surface area contributed by atoms with Crippen molar-refractivity contribution in [1.82, 2.24) is 0 Å². The van der Waals surface area contributed by atoms with Crippen molar-refractivity contribution >= 4 is 43.5 Å². The first-order valence-corrected chi connectivity index (χ1v) is 17.0. The summed E-state index contributed by atoms with van der Waals surface area (Å²) in [7, 11) is -2.84. The SMILES string of the molecule is C[C@H]1[C@H]([Si](C)(C)O)[C@@H](CCO)O[C@]12C(=O)N(Cc1ccc(N3CCOC3=O)cc1)c1ccc(N3CCOC3=O)cc12. The normalized spacial score (nSPS) is 27.7. The van der Waals surface area contributed by atoms with Gasteiger partial charge in [-0.1, -0.05) is 19.1 Å².